The number of benzene rings is 1. The SMILES string of the molecule is C=C(C)CN(C)C(=O)N(C)CCc1ccccc1C(=O)O. The first kappa shape index (κ1) is 16.8. The Kier molecular flexibility index (Phi) is 5.96. The van der Waals surface area contributed by atoms with Crippen molar-refractivity contribution >= 4 is 12.0 Å². The number of amides is 2. The molecule has 5 nitrogen and oxygen atoms in total. The summed E-state index contributed by atoms with van der Waals surface area (Å²) >= 11 is 0. The predicted octanol–water partition coefficient (Wildman–Crippen LogP) is 2.49. The van der Waals surface area contributed by atoms with Gasteiger partial charge in [-0.15, -0.1) is 0 Å². The van der Waals surface area contributed by atoms with Crippen LogP contribution in [0.25, 0.3) is 0 Å². The molecule has 2 amide bonds. The molecule has 0 aliphatic carbocycles. The van der Waals surface area contributed by atoms with Gasteiger partial charge in [0.2, 0.25) is 0 Å². The smallest absolute Gasteiger partial charge is 0.335 e. The van der Waals surface area contributed by atoms with Crippen LogP contribution in [0, 0.1) is 0 Å². The highest BCUT2D eigenvalue weighted by molar-refractivity contribution is 5.89. The van der Waals surface area contributed by atoms with E-state index in [-0.39, 0.29) is 11.6 Å². The lowest BCUT2D eigenvalue weighted by Crippen LogP contribution is -2.40. The van der Waals surface area contributed by atoms with Gasteiger partial charge in [-0.3, -0.25) is 0 Å². The van der Waals surface area contributed by atoms with Gasteiger partial charge in [-0.05, 0) is 25.0 Å². The number of carboxylic acid groups (broad SMARTS) is 1. The molecule has 1 N–H and O–H groups in total. The highest BCUT2D eigenvalue weighted by atomic mass is 16.4. The molecule has 1 aromatic rings. The number of urea groups is 1. The molecule has 0 aromatic heterocycles. The van der Waals surface area contributed by atoms with E-state index in [1.165, 1.54) is 0 Å². The van der Waals surface area contributed by atoms with Crippen LogP contribution in [0.5, 0.6) is 0 Å². The minimum Gasteiger partial charge on any atom is -0.478 e. The number of hydrogen-bond donors (Lipinski definition) is 1. The molecule has 0 heterocycles. The van der Waals surface area contributed by atoms with Crippen LogP contribution in [0.1, 0.15) is 22.8 Å². The third-order valence-corrected chi connectivity index (χ3v) is 3.12. The normalized spacial score (nSPS) is 10.0. The van der Waals surface area contributed by atoms with Crippen LogP contribution >= 0.6 is 0 Å². The van der Waals surface area contributed by atoms with Gasteiger partial charge in [0, 0.05) is 27.2 Å². The lowest BCUT2D eigenvalue weighted by atomic mass is 10.0. The first-order valence-corrected chi connectivity index (χ1v) is 6.74. The second-order valence-corrected chi connectivity index (χ2v) is 5.23. The zero-order valence-electron chi connectivity index (χ0n) is 12.8. The molecule has 0 radical (unpaired) electrons. The van der Waals surface area contributed by atoms with E-state index >= 15 is 0 Å². The molecule has 0 fully saturated rings. The molecular weight excluding hydrogens is 268 g/mol. The van der Waals surface area contributed by atoms with Gasteiger partial charge in [-0.2, -0.15) is 0 Å². The lowest BCUT2D eigenvalue weighted by Gasteiger charge is -2.25. The number of hydrogen-bond acceptors (Lipinski definition) is 2. The van der Waals surface area contributed by atoms with E-state index in [0.717, 1.165) is 11.1 Å². The Hall–Kier alpha value is -2.30. The van der Waals surface area contributed by atoms with Gasteiger partial charge in [0.1, 0.15) is 0 Å². The van der Waals surface area contributed by atoms with Gasteiger partial charge in [0.25, 0.3) is 0 Å². The van der Waals surface area contributed by atoms with Gasteiger partial charge < -0.3 is 14.9 Å². The zero-order chi connectivity index (χ0) is 16.0. The molecule has 114 valence electrons. The van der Waals surface area contributed by atoms with Crippen LogP contribution in [0.4, 0.5) is 4.79 Å². The van der Waals surface area contributed by atoms with Crippen molar-refractivity contribution in [3.63, 3.8) is 0 Å². The fraction of sp³-hybridized carbons (Fsp3) is 0.375. The van der Waals surface area contributed by atoms with E-state index < -0.39 is 5.97 Å². The lowest BCUT2D eigenvalue weighted by molar-refractivity contribution is 0.0695. The molecule has 0 bridgehead atoms. The number of carbonyl (C=O) groups excluding carboxylic acids is 1. The van der Waals surface area contributed by atoms with Crippen molar-refractivity contribution in [2.24, 2.45) is 0 Å². The third kappa shape index (κ3) is 4.95. The topological polar surface area (TPSA) is 60.9 Å². The molecule has 5 heteroatoms. The van der Waals surface area contributed by atoms with E-state index in [1.807, 2.05) is 6.92 Å². The van der Waals surface area contributed by atoms with Crippen LogP contribution in [0.2, 0.25) is 0 Å². The largest absolute Gasteiger partial charge is 0.478 e. The van der Waals surface area contributed by atoms with E-state index in [9.17, 15) is 9.59 Å². The van der Waals surface area contributed by atoms with Crippen molar-refractivity contribution in [2.45, 2.75) is 13.3 Å². The van der Waals surface area contributed by atoms with E-state index in [2.05, 4.69) is 6.58 Å². The first-order chi connectivity index (χ1) is 9.82. The summed E-state index contributed by atoms with van der Waals surface area (Å²) in [4.78, 5) is 26.4. The summed E-state index contributed by atoms with van der Waals surface area (Å²) in [5.74, 6) is -0.945. The number of carboxylic acids is 1. The Morgan fingerprint density at radius 3 is 2.38 bits per heavy atom. The molecule has 1 aromatic carbocycles. The van der Waals surface area contributed by atoms with Crippen molar-refractivity contribution in [1.29, 1.82) is 0 Å². The van der Waals surface area contributed by atoms with Crippen LogP contribution in [-0.4, -0.2) is 54.1 Å². The molecule has 0 spiro atoms. The van der Waals surface area contributed by atoms with Crippen molar-refractivity contribution in [3.05, 3.63) is 47.5 Å². The van der Waals surface area contributed by atoms with Crippen molar-refractivity contribution in [1.82, 2.24) is 9.80 Å². The van der Waals surface area contributed by atoms with Crippen molar-refractivity contribution in [2.75, 3.05) is 27.2 Å². The minimum atomic E-state index is -0.945. The van der Waals surface area contributed by atoms with Gasteiger partial charge in [-0.1, -0.05) is 30.4 Å². The zero-order valence-corrected chi connectivity index (χ0v) is 12.8. The van der Waals surface area contributed by atoms with Gasteiger partial charge in [-0.25, -0.2) is 9.59 Å². The molecule has 0 saturated heterocycles. The second-order valence-electron chi connectivity index (χ2n) is 5.23. The van der Waals surface area contributed by atoms with Gasteiger partial charge in [0.05, 0.1) is 5.56 Å². The highest BCUT2D eigenvalue weighted by Crippen LogP contribution is 2.10. The van der Waals surface area contributed by atoms with Gasteiger partial charge in [0.15, 0.2) is 0 Å². The Labute approximate surface area is 125 Å². The summed E-state index contributed by atoms with van der Waals surface area (Å²) in [5.41, 5.74) is 1.93. The molecule has 21 heavy (non-hydrogen) atoms. The van der Waals surface area contributed by atoms with Crippen LogP contribution in [0.3, 0.4) is 0 Å². The third-order valence-electron chi connectivity index (χ3n) is 3.12. The summed E-state index contributed by atoms with van der Waals surface area (Å²) < 4.78 is 0. The predicted molar refractivity (Wildman–Crippen MR) is 82.6 cm³/mol. The molecule has 0 aliphatic heterocycles. The summed E-state index contributed by atoms with van der Waals surface area (Å²) in [6.45, 7) is 6.62. The highest BCUT2D eigenvalue weighted by Gasteiger charge is 2.15. The maximum atomic E-state index is 12.1. The molecule has 0 atom stereocenters. The Morgan fingerprint density at radius 2 is 1.81 bits per heavy atom. The number of likely N-dealkylation sites (N-methyl/N-ethyl adjacent to an activating group) is 2. The average Bonchev–Trinajstić information content (AvgIpc) is 2.43. The Morgan fingerprint density at radius 1 is 1.19 bits per heavy atom. The maximum absolute atomic E-state index is 12.1. The van der Waals surface area contributed by atoms with E-state index in [4.69, 9.17) is 5.11 Å². The standard InChI is InChI=1S/C16H22N2O3/c1-12(2)11-18(4)16(21)17(3)10-9-13-7-5-6-8-14(13)15(19)20/h5-8H,1,9-11H2,2-4H3,(H,19,20). The van der Waals surface area contributed by atoms with Crippen LogP contribution < -0.4 is 0 Å². The Balaban J connectivity index is 2.65. The van der Waals surface area contributed by atoms with Crippen molar-refractivity contribution < 1.29 is 14.7 Å². The summed E-state index contributed by atoms with van der Waals surface area (Å²) in [5, 5.41) is 9.13. The molecule has 1 rings (SSSR count). The number of nitrogens with zero attached hydrogens (tertiary/aromatic N) is 2. The van der Waals surface area contributed by atoms with E-state index in [0.29, 0.717) is 19.5 Å². The molecule has 0 unspecified atom stereocenters. The first-order valence-electron chi connectivity index (χ1n) is 6.74. The second kappa shape index (κ2) is 7.47. The summed E-state index contributed by atoms with van der Waals surface area (Å²) in [7, 11) is 3.43. The molecule has 0 saturated carbocycles. The average molecular weight is 290 g/mol. The maximum Gasteiger partial charge on any atom is 0.335 e. The monoisotopic (exact) mass is 290 g/mol. The fourth-order valence-electron chi connectivity index (χ4n) is 2.09. The van der Waals surface area contributed by atoms with E-state index in [1.54, 1.807) is 48.2 Å². The Bertz CT molecular complexity index is 540. The molecular formula is C16H22N2O3. The van der Waals surface area contributed by atoms with Crippen molar-refractivity contribution in [3.8, 4) is 0 Å². The quantitative estimate of drug-likeness (QED) is 0.819. The summed E-state index contributed by atoms with van der Waals surface area (Å²) in [6.07, 6.45) is 0.506. The van der Waals surface area contributed by atoms with Crippen LogP contribution in [0.15, 0.2) is 36.4 Å². The van der Waals surface area contributed by atoms with Gasteiger partial charge >= 0.3 is 12.0 Å². The fourth-order valence-corrected chi connectivity index (χ4v) is 2.09. The minimum absolute atomic E-state index is 0.106. The number of carbonyl (C=O) groups is 2. The number of aromatic carboxylic acids is 1. The number of rotatable bonds is 6. The van der Waals surface area contributed by atoms with Crippen LogP contribution in [-0.2, 0) is 6.42 Å². The molecule has 0 aliphatic rings. The summed E-state index contributed by atoms with van der Waals surface area (Å²) in [6, 6.07) is 6.75.